The highest BCUT2D eigenvalue weighted by Gasteiger charge is 2.14. The van der Waals surface area contributed by atoms with Gasteiger partial charge in [-0.15, -0.1) is 0 Å². The molecule has 0 bridgehead atoms. The van der Waals surface area contributed by atoms with Gasteiger partial charge in [0.1, 0.15) is 6.04 Å². The van der Waals surface area contributed by atoms with Gasteiger partial charge >= 0.3 is 0 Å². The second-order valence-electron chi connectivity index (χ2n) is 4.50. The van der Waals surface area contributed by atoms with Crippen LogP contribution in [0, 0.1) is 0 Å². The minimum Gasteiger partial charge on any atom is -0.399 e. The smallest absolute Gasteiger partial charge is 0.242 e. The van der Waals surface area contributed by atoms with Crippen LogP contribution in [-0.4, -0.2) is 24.4 Å². The highest BCUT2D eigenvalue weighted by atomic mass is 16.2. The molecule has 2 amide bonds. The summed E-state index contributed by atoms with van der Waals surface area (Å²) in [5, 5.41) is 5.41. The van der Waals surface area contributed by atoms with E-state index in [1.807, 2.05) is 6.92 Å². The third kappa shape index (κ3) is 5.42. The molecule has 0 saturated heterocycles. The van der Waals surface area contributed by atoms with E-state index in [1.165, 1.54) is 0 Å². The van der Waals surface area contributed by atoms with Crippen LogP contribution in [0.25, 0.3) is 0 Å². The standard InChI is InChI=1S/C14H21N3O2/c1-3-8-16-14(19)10(2)17-13(18)9-11-4-6-12(15)7-5-11/h4-7,10H,3,8-9,15H2,1-2H3,(H,16,19)(H,17,18). The van der Waals surface area contributed by atoms with E-state index in [9.17, 15) is 9.59 Å². The van der Waals surface area contributed by atoms with Gasteiger partial charge in [0.2, 0.25) is 11.8 Å². The quantitative estimate of drug-likeness (QED) is 0.665. The van der Waals surface area contributed by atoms with Crippen LogP contribution < -0.4 is 16.4 Å². The molecule has 19 heavy (non-hydrogen) atoms. The fourth-order valence-corrected chi connectivity index (χ4v) is 1.58. The summed E-state index contributed by atoms with van der Waals surface area (Å²) in [4.78, 5) is 23.4. The summed E-state index contributed by atoms with van der Waals surface area (Å²) in [6.07, 6.45) is 1.11. The first-order valence-electron chi connectivity index (χ1n) is 6.44. The number of carbonyl (C=O) groups excluding carboxylic acids is 2. The molecule has 104 valence electrons. The number of benzene rings is 1. The Morgan fingerprint density at radius 1 is 1.26 bits per heavy atom. The molecule has 1 atom stereocenters. The van der Waals surface area contributed by atoms with Gasteiger partial charge < -0.3 is 16.4 Å². The first-order chi connectivity index (χ1) is 9.02. The zero-order chi connectivity index (χ0) is 14.3. The molecule has 0 heterocycles. The highest BCUT2D eigenvalue weighted by molar-refractivity contribution is 5.88. The molecule has 0 radical (unpaired) electrons. The normalized spacial score (nSPS) is 11.7. The van der Waals surface area contributed by atoms with Crippen LogP contribution in [0.2, 0.25) is 0 Å². The van der Waals surface area contributed by atoms with Crippen molar-refractivity contribution in [3.05, 3.63) is 29.8 Å². The summed E-state index contributed by atoms with van der Waals surface area (Å²) < 4.78 is 0. The molecule has 5 nitrogen and oxygen atoms in total. The molecule has 1 aromatic carbocycles. The van der Waals surface area contributed by atoms with Crippen molar-refractivity contribution in [3.8, 4) is 0 Å². The van der Waals surface area contributed by atoms with Gasteiger partial charge in [-0.2, -0.15) is 0 Å². The van der Waals surface area contributed by atoms with Crippen molar-refractivity contribution in [1.29, 1.82) is 0 Å². The third-order valence-corrected chi connectivity index (χ3v) is 2.66. The SMILES string of the molecule is CCCNC(=O)C(C)NC(=O)Cc1ccc(N)cc1. The summed E-state index contributed by atoms with van der Waals surface area (Å²) in [6, 6.07) is 6.58. The van der Waals surface area contributed by atoms with E-state index in [0.29, 0.717) is 12.2 Å². The summed E-state index contributed by atoms with van der Waals surface area (Å²) in [6.45, 7) is 4.27. The van der Waals surface area contributed by atoms with Crippen molar-refractivity contribution >= 4 is 17.5 Å². The molecular weight excluding hydrogens is 242 g/mol. The van der Waals surface area contributed by atoms with Crippen LogP contribution in [-0.2, 0) is 16.0 Å². The zero-order valence-corrected chi connectivity index (χ0v) is 11.4. The number of nitrogens with one attached hydrogen (secondary N) is 2. The summed E-state index contributed by atoms with van der Waals surface area (Å²) in [5.74, 6) is -0.337. The summed E-state index contributed by atoms with van der Waals surface area (Å²) >= 11 is 0. The third-order valence-electron chi connectivity index (χ3n) is 2.66. The van der Waals surface area contributed by atoms with E-state index in [4.69, 9.17) is 5.73 Å². The molecule has 1 unspecified atom stereocenters. The number of amides is 2. The Morgan fingerprint density at radius 2 is 1.89 bits per heavy atom. The molecule has 0 aliphatic carbocycles. The topological polar surface area (TPSA) is 84.2 Å². The molecule has 1 aromatic rings. The number of nitrogen functional groups attached to an aromatic ring is 1. The number of anilines is 1. The summed E-state index contributed by atoms with van der Waals surface area (Å²) in [5.41, 5.74) is 7.10. The Hall–Kier alpha value is -2.04. The molecule has 0 aromatic heterocycles. The number of carbonyl (C=O) groups is 2. The molecular formula is C14H21N3O2. The van der Waals surface area contributed by atoms with Crippen molar-refractivity contribution in [2.45, 2.75) is 32.7 Å². The van der Waals surface area contributed by atoms with E-state index >= 15 is 0 Å². The van der Waals surface area contributed by atoms with Crippen molar-refractivity contribution in [2.75, 3.05) is 12.3 Å². The molecule has 1 rings (SSSR count). The molecule has 0 saturated carbocycles. The molecule has 0 aliphatic rings. The second-order valence-corrected chi connectivity index (χ2v) is 4.50. The van der Waals surface area contributed by atoms with Gasteiger partial charge in [0, 0.05) is 12.2 Å². The minimum atomic E-state index is -0.521. The lowest BCUT2D eigenvalue weighted by atomic mass is 10.1. The predicted molar refractivity (Wildman–Crippen MR) is 75.5 cm³/mol. The Balaban J connectivity index is 2.42. The van der Waals surface area contributed by atoms with Gasteiger partial charge in [-0.25, -0.2) is 0 Å². The lowest BCUT2D eigenvalue weighted by Crippen LogP contribution is -2.45. The van der Waals surface area contributed by atoms with Crippen molar-refractivity contribution in [1.82, 2.24) is 10.6 Å². The molecule has 0 aliphatic heterocycles. The Morgan fingerprint density at radius 3 is 2.47 bits per heavy atom. The molecule has 5 heteroatoms. The number of nitrogens with two attached hydrogens (primary N) is 1. The Bertz CT molecular complexity index is 429. The van der Waals surface area contributed by atoms with E-state index in [2.05, 4.69) is 10.6 Å². The van der Waals surface area contributed by atoms with Crippen LogP contribution in [0.5, 0.6) is 0 Å². The Labute approximate surface area is 113 Å². The van der Waals surface area contributed by atoms with Gasteiger partial charge in [-0.1, -0.05) is 19.1 Å². The first kappa shape index (κ1) is 15.0. The lowest BCUT2D eigenvalue weighted by Gasteiger charge is -2.13. The fourth-order valence-electron chi connectivity index (χ4n) is 1.58. The van der Waals surface area contributed by atoms with E-state index in [0.717, 1.165) is 12.0 Å². The van der Waals surface area contributed by atoms with Crippen LogP contribution in [0.15, 0.2) is 24.3 Å². The van der Waals surface area contributed by atoms with Crippen LogP contribution in [0.1, 0.15) is 25.8 Å². The van der Waals surface area contributed by atoms with Gasteiger partial charge in [0.25, 0.3) is 0 Å². The number of hydrogen-bond acceptors (Lipinski definition) is 3. The largest absolute Gasteiger partial charge is 0.399 e. The fraction of sp³-hybridized carbons (Fsp3) is 0.429. The van der Waals surface area contributed by atoms with Gasteiger partial charge in [-0.05, 0) is 31.0 Å². The maximum absolute atomic E-state index is 11.8. The van der Waals surface area contributed by atoms with Crippen LogP contribution in [0.3, 0.4) is 0 Å². The first-order valence-corrected chi connectivity index (χ1v) is 6.44. The van der Waals surface area contributed by atoms with Crippen molar-refractivity contribution in [2.24, 2.45) is 0 Å². The van der Waals surface area contributed by atoms with Gasteiger partial charge in [-0.3, -0.25) is 9.59 Å². The van der Waals surface area contributed by atoms with Crippen LogP contribution >= 0.6 is 0 Å². The Kier molecular flexibility index (Phi) is 5.85. The highest BCUT2D eigenvalue weighted by Crippen LogP contribution is 2.06. The predicted octanol–water partition coefficient (Wildman–Crippen LogP) is 0.842. The van der Waals surface area contributed by atoms with E-state index in [1.54, 1.807) is 31.2 Å². The molecule has 0 spiro atoms. The number of hydrogen-bond donors (Lipinski definition) is 3. The van der Waals surface area contributed by atoms with Crippen molar-refractivity contribution in [3.63, 3.8) is 0 Å². The van der Waals surface area contributed by atoms with E-state index in [-0.39, 0.29) is 18.2 Å². The van der Waals surface area contributed by atoms with Gasteiger partial charge in [0.05, 0.1) is 6.42 Å². The maximum atomic E-state index is 11.8. The average Bonchev–Trinajstić information content (AvgIpc) is 2.38. The monoisotopic (exact) mass is 263 g/mol. The zero-order valence-electron chi connectivity index (χ0n) is 11.4. The average molecular weight is 263 g/mol. The van der Waals surface area contributed by atoms with Crippen LogP contribution in [0.4, 0.5) is 5.69 Å². The van der Waals surface area contributed by atoms with Crippen molar-refractivity contribution < 1.29 is 9.59 Å². The lowest BCUT2D eigenvalue weighted by molar-refractivity contribution is -0.128. The second kappa shape index (κ2) is 7.41. The minimum absolute atomic E-state index is 0.160. The van der Waals surface area contributed by atoms with Gasteiger partial charge in [0.15, 0.2) is 0 Å². The molecule has 0 fully saturated rings. The summed E-state index contributed by atoms with van der Waals surface area (Å²) in [7, 11) is 0. The van der Waals surface area contributed by atoms with E-state index < -0.39 is 6.04 Å². The maximum Gasteiger partial charge on any atom is 0.242 e. The number of rotatable bonds is 6. The molecule has 4 N–H and O–H groups in total.